The minimum atomic E-state index is -0.888. The van der Waals surface area contributed by atoms with Gasteiger partial charge < -0.3 is 10.4 Å². The topological polar surface area (TPSA) is 49.3 Å². The highest BCUT2D eigenvalue weighted by atomic mass is 79.9. The molecule has 0 bridgehead atoms. The third-order valence-corrected chi connectivity index (χ3v) is 5.12. The molecule has 0 spiro atoms. The zero-order valence-electron chi connectivity index (χ0n) is 10.9. The Hall–Kier alpha value is -0.680. The molecule has 104 valence electrons. The lowest BCUT2D eigenvalue weighted by atomic mass is 9.94. The number of anilines is 1. The van der Waals surface area contributed by atoms with Crippen molar-refractivity contribution in [2.75, 3.05) is 11.6 Å². The molecule has 2 atom stereocenters. The van der Waals surface area contributed by atoms with Crippen molar-refractivity contribution in [3.63, 3.8) is 0 Å². The summed E-state index contributed by atoms with van der Waals surface area (Å²) in [6.45, 7) is 0. The number of hydrogen-bond donors (Lipinski definition) is 2. The van der Waals surface area contributed by atoms with E-state index in [-0.39, 0.29) is 0 Å². The van der Waals surface area contributed by atoms with Gasteiger partial charge in [-0.2, -0.15) is 11.8 Å². The summed E-state index contributed by atoms with van der Waals surface area (Å²) < 4.78 is 0.793. The van der Waals surface area contributed by atoms with Gasteiger partial charge in [-0.25, -0.2) is 4.79 Å². The molecule has 1 saturated carbocycles. The van der Waals surface area contributed by atoms with Crippen molar-refractivity contribution < 1.29 is 9.90 Å². The summed E-state index contributed by atoms with van der Waals surface area (Å²) in [5.41, 5.74) is 1.06. The molecule has 2 N–H and O–H groups in total. The second kappa shape index (κ2) is 6.66. The second-order valence-corrected chi connectivity index (χ2v) is 6.91. The summed E-state index contributed by atoms with van der Waals surface area (Å²) in [7, 11) is 0. The summed E-state index contributed by atoms with van der Waals surface area (Å²) in [5, 5.41) is 13.3. The second-order valence-electron chi connectivity index (χ2n) is 4.86. The van der Waals surface area contributed by atoms with Gasteiger partial charge in [0.2, 0.25) is 0 Å². The summed E-state index contributed by atoms with van der Waals surface area (Å²) in [4.78, 5) is 11.3. The maximum Gasteiger partial charge on any atom is 0.337 e. The van der Waals surface area contributed by atoms with Crippen molar-refractivity contribution in [1.29, 1.82) is 0 Å². The number of aromatic carboxylic acids is 1. The van der Waals surface area contributed by atoms with Crippen LogP contribution in [0.5, 0.6) is 0 Å². The number of carboxylic acid groups (broad SMARTS) is 1. The van der Waals surface area contributed by atoms with Gasteiger partial charge in [-0.05, 0) is 43.7 Å². The molecular weight excluding hydrogens is 326 g/mol. The molecule has 1 aliphatic carbocycles. The minimum absolute atomic E-state index is 0.334. The number of hydrogen-bond acceptors (Lipinski definition) is 3. The maximum absolute atomic E-state index is 11.3. The Labute approximate surface area is 126 Å². The molecule has 0 amide bonds. The number of benzene rings is 1. The van der Waals surface area contributed by atoms with Gasteiger partial charge in [0.05, 0.1) is 5.56 Å². The molecule has 0 radical (unpaired) electrons. The largest absolute Gasteiger partial charge is 0.478 e. The number of thioether (sulfide) groups is 1. The van der Waals surface area contributed by atoms with Gasteiger partial charge in [-0.15, -0.1) is 0 Å². The lowest BCUT2D eigenvalue weighted by molar-refractivity contribution is 0.0698. The molecule has 2 unspecified atom stereocenters. The summed E-state index contributed by atoms with van der Waals surface area (Å²) in [6.07, 6.45) is 6.85. The Morgan fingerprint density at radius 3 is 2.95 bits per heavy atom. The monoisotopic (exact) mass is 343 g/mol. The molecule has 1 fully saturated rings. The highest BCUT2D eigenvalue weighted by Crippen LogP contribution is 2.30. The first kappa shape index (κ1) is 14.7. The van der Waals surface area contributed by atoms with Crippen LogP contribution in [0.4, 0.5) is 5.69 Å². The number of carboxylic acids is 1. The van der Waals surface area contributed by atoms with Crippen LogP contribution in [0.3, 0.4) is 0 Å². The van der Waals surface area contributed by atoms with E-state index in [9.17, 15) is 9.90 Å². The van der Waals surface area contributed by atoms with Gasteiger partial charge in [-0.1, -0.05) is 22.4 Å². The van der Waals surface area contributed by atoms with Gasteiger partial charge >= 0.3 is 5.97 Å². The van der Waals surface area contributed by atoms with E-state index in [0.717, 1.165) is 23.0 Å². The first-order valence-corrected chi connectivity index (χ1v) is 8.50. The van der Waals surface area contributed by atoms with Crippen molar-refractivity contribution in [3.05, 3.63) is 28.2 Å². The fraction of sp³-hybridized carbons (Fsp3) is 0.500. The molecule has 1 aromatic rings. The summed E-state index contributed by atoms with van der Waals surface area (Å²) in [6, 6.07) is 5.75. The predicted octanol–water partition coefficient (Wildman–Crippen LogP) is 4.23. The summed E-state index contributed by atoms with van der Waals surface area (Å²) >= 11 is 5.23. The van der Waals surface area contributed by atoms with Crippen LogP contribution in [0.2, 0.25) is 0 Å². The molecule has 3 nitrogen and oxygen atoms in total. The average molecular weight is 344 g/mol. The lowest BCUT2D eigenvalue weighted by Crippen LogP contribution is -2.29. The van der Waals surface area contributed by atoms with Crippen LogP contribution in [0.1, 0.15) is 36.0 Å². The molecule has 1 aromatic carbocycles. The van der Waals surface area contributed by atoms with E-state index in [0.29, 0.717) is 16.9 Å². The van der Waals surface area contributed by atoms with Gasteiger partial charge in [0.25, 0.3) is 0 Å². The molecule has 0 heterocycles. The van der Waals surface area contributed by atoms with E-state index in [1.54, 1.807) is 6.07 Å². The van der Waals surface area contributed by atoms with Crippen LogP contribution in [0.25, 0.3) is 0 Å². The molecule has 5 heteroatoms. The fourth-order valence-electron chi connectivity index (χ4n) is 2.53. The van der Waals surface area contributed by atoms with Gasteiger partial charge in [-0.3, -0.25) is 0 Å². The van der Waals surface area contributed by atoms with E-state index in [1.165, 1.54) is 12.8 Å². The standard InChI is InChI=1S/C14H18BrNO2S/c1-19-11-4-2-3-10(8-11)16-13-6-5-9(15)7-12(13)14(17)18/h5-7,10-11,16H,2-4,8H2,1H3,(H,17,18). The van der Waals surface area contributed by atoms with Gasteiger partial charge in [0.1, 0.15) is 0 Å². The van der Waals surface area contributed by atoms with Crippen LogP contribution >= 0.6 is 27.7 Å². The number of nitrogens with one attached hydrogen (secondary N) is 1. The number of rotatable bonds is 4. The average Bonchev–Trinajstić information content (AvgIpc) is 2.41. The van der Waals surface area contributed by atoms with Crippen LogP contribution in [0, 0.1) is 0 Å². The Morgan fingerprint density at radius 2 is 2.26 bits per heavy atom. The smallest absolute Gasteiger partial charge is 0.337 e. The molecule has 19 heavy (non-hydrogen) atoms. The quantitative estimate of drug-likeness (QED) is 0.858. The molecule has 0 aromatic heterocycles. The van der Waals surface area contributed by atoms with Crippen molar-refractivity contribution in [1.82, 2.24) is 0 Å². The van der Waals surface area contributed by atoms with Crippen molar-refractivity contribution >= 4 is 39.3 Å². The van der Waals surface area contributed by atoms with E-state index < -0.39 is 5.97 Å². The first-order chi connectivity index (χ1) is 9.10. The van der Waals surface area contributed by atoms with Gasteiger partial charge in [0.15, 0.2) is 0 Å². The van der Waals surface area contributed by atoms with E-state index in [4.69, 9.17) is 0 Å². The fourth-order valence-corrected chi connectivity index (χ4v) is 3.72. The Balaban J connectivity index is 2.12. The zero-order chi connectivity index (χ0) is 13.8. The summed E-state index contributed by atoms with van der Waals surface area (Å²) in [5.74, 6) is -0.888. The normalized spacial score (nSPS) is 23.1. The zero-order valence-corrected chi connectivity index (χ0v) is 13.3. The minimum Gasteiger partial charge on any atom is -0.478 e. The van der Waals surface area contributed by atoms with Crippen molar-refractivity contribution in [2.24, 2.45) is 0 Å². The molecular formula is C14H18BrNO2S. The van der Waals surface area contributed by atoms with Crippen molar-refractivity contribution in [2.45, 2.75) is 37.0 Å². The Morgan fingerprint density at radius 1 is 1.47 bits per heavy atom. The molecule has 1 aliphatic rings. The van der Waals surface area contributed by atoms with Crippen LogP contribution in [-0.4, -0.2) is 28.6 Å². The first-order valence-electron chi connectivity index (χ1n) is 6.42. The predicted molar refractivity (Wildman–Crippen MR) is 84.3 cm³/mol. The van der Waals surface area contributed by atoms with E-state index in [2.05, 4.69) is 27.5 Å². The maximum atomic E-state index is 11.3. The third-order valence-electron chi connectivity index (χ3n) is 3.53. The highest BCUT2D eigenvalue weighted by molar-refractivity contribution is 9.10. The number of carbonyl (C=O) groups is 1. The van der Waals surface area contributed by atoms with Crippen LogP contribution in [-0.2, 0) is 0 Å². The molecule has 2 rings (SSSR count). The third kappa shape index (κ3) is 3.89. The van der Waals surface area contributed by atoms with Crippen molar-refractivity contribution in [3.8, 4) is 0 Å². The van der Waals surface area contributed by atoms with Crippen LogP contribution in [0.15, 0.2) is 22.7 Å². The van der Waals surface area contributed by atoms with Gasteiger partial charge in [0, 0.05) is 21.5 Å². The van der Waals surface area contributed by atoms with Crippen LogP contribution < -0.4 is 5.32 Å². The SMILES string of the molecule is CSC1CCCC(Nc2ccc(Br)cc2C(=O)O)C1. The van der Waals surface area contributed by atoms with E-state index >= 15 is 0 Å². The number of halogens is 1. The Bertz CT molecular complexity index is 467. The highest BCUT2D eigenvalue weighted by Gasteiger charge is 2.22. The molecule has 0 aliphatic heterocycles. The lowest BCUT2D eigenvalue weighted by Gasteiger charge is -2.29. The Kier molecular flexibility index (Phi) is 5.16. The molecule has 0 saturated heterocycles. The van der Waals surface area contributed by atoms with E-state index in [1.807, 2.05) is 23.9 Å².